The summed E-state index contributed by atoms with van der Waals surface area (Å²) >= 11 is 5.81. The highest BCUT2D eigenvalue weighted by Gasteiger charge is 2.35. The van der Waals surface area contributed by atoms with Gasteiger partial charge in [0, 0.05) is 30.2 Å². The fourth-order valence-corrected chi connectivity index (χ4v) is 4.52. The number of hydrogen-bond acceptors (Lipinski definition) is 5. The van der Waals surface area contributed by atoms with Gasteiger partial charge in [0.15, 0.2) is 4.90 Å². The van der Waals surface area contributed by atoms with Crippen LogP contribution in [-0.4, -0.2) is 36.8 Å². The van der Waals surface area contributed by atoms with Crippen LogP contribution in [0, 0.1) is 16.0 Å². The molecular weight excluding hydrogens is 330 g/mol. The Bertz CT molecular complexity index is 670. The molecule has 0 aromatic heterocycles. The number of nitrogens with zero attached hydrogens (tertiary/aromatic N) is 2. The van der Waals surface area contributed by atoms with Gasteiger partial charge in [0.25, 0.3) is 5.69 Å². The molecule has 1 heterocycles. The largest absolute Gasteiger partial charge is 0.328 e. The van der Waals surface area contributed by atoms with Crippen LogP contribution in [-0.2, 0) is 10.0 Å². The SMILES string of the molecule is CC(N)C1CCN(S(=O)(=O)c2cc(Cl)ccc2[N+](=O)[O-])CC1. The highest BCUT2D eigenvalue weighted by atomic mass is 35.5. The van der Waals surface area contributed by atoms with Crippen LogP contribution >= 0.6 is 11.6 Å². The van der Waals surface area contributed by atoms with Crippen molar-refractivity contribution in [1.82, 2.24) is 4.31 Å². The third kappa shape index (κ3) is 3.40. The molecule has 2 rings (SSSR count). The summed E-state index contributed by atoms with van der Waals surface area (Å²) in [5, 5.41) is 11.2. The van der Waals surface area contributed by atoms with Crippen LogP contribution in [0.2, 0.25) is 5.02 Å². The van der Waals surface area contributed by atoms with Gasteiger partial charge in [0.1, 0.15) is 0 Å². The lowest BCUT2D eigenvalue weighted by molar-refractivity contribution is -0.387. The van der Waals surface area contributed by atoms with Crippen LogP contribution < -0.4 is 5.73 Å². The second-order valence-corrected chi connectivity index (χ2v) is 7.81. The van der Waals surface area contributed by atoms with Crippen molar-refractivity contribution in [3.8, 4) is 0 Å². The van der Waals surface area contributed by atoms with E-state index in [1.54, 1.807) is 0 Å². The van der Waals surface area contributed by atoms with Gasteiger partial charge in [-0.15, -0.1) is 0 Å². The lowest BCUT2D eigenvalue weighted by Gasteiger charge is -2.32. The van der Waals surface area contributed by atoms with E-state index >= 15 is 0 Å². The number of hydrogen-bond donors (Lipinski definition) is 1. The minimum absolute atomic E-state index is 0.00496. The van der Waals surface area contributed by atoms with Crippen molar-refractivity contribution < 1.29 is 13.3 Å². The first kappa shape index (κ1) is 17.1. The van der Waals surface area contributed by atoms with Crippen molar-refractivity contribution in [2.24, 2.45) is 11.7 Å². The van der Waals surface area contributed by atoms with Gasteiger partial charge < -0.3 is 5.73 Å². The number of nitrogens with two attached hydrogens (primary N) is 1. The molecule has 22 heavy (non-hydrogen) atoms. The van der Waals surface area contributed by atoms with E-state index in [2.05, 4.69) is 0 Å². The van der Waals surface area contributed by atoms with Crippen molar-refractivity contribution >= 4 is 27.3 Å². The van der Waals surface area contributed by atoms with Crippen molar-refractivity contribution in [3.05, 3.63) is 33.3 Å². The molecule has 0 radical (unpaired) electrons. The second kappa shape index (κ2) is 6.49. The first-order chi connectivity index (χ1) is 10.2. The molecule has 1 aliphatic rings. The Kier molecular flexibility index (Phi) is 5.06. The summed E-state index contributed by atoms with van der Waals surface area (Å²) in [4.78, 5) is 10.00. The number of rotatable bonds is 4. The number of benzene rings is 1. The molecule has 0 aliphatic carbocycles. The molecule has 7 nitrogen and oxygen atoms in total. The Morgan fingerprint density at radius 3 is 2.50 bits per heavy atom. The lowest BCUT2D eigenvalue weighted by atomic mass is 9.92. The zero-order chi connectivity index (χ0) is 16.5. The topological polar surface area (TPSA) is 107 Å². The maximum absolute atomic E-state index is 12.7. The second-order valence-electron chi connectivity index (χ2n) is 5.47. The lowest BCUT2D eigenvalue weighted by Crippen LogP contribution is -2.42. The maximum atomic E-state index is 12.7. The van der Waals surface area contributed by atoms with Gasteiger partial charge in [-0.25, -0.2) is 8.42 Å². The van der Waals surface area contributed by atoms with E-state index in [1.165, 1.54) is 10.4 Å². The number of nitro groups is 1. The molecule has 1 aromatic rings. The van der Waals surface area contributed by atoms with Crippen LogP contribution in [0.4, 0.5) is 5.69 Å². The quantitative estimate of drug-likeness (QED) is 0.662. The summed E-state index contributed by atoms with van der Waals surface area (Å²) in [5.74, 6) is 0.265. The molecule has 122 valence electrons. The van der Waals surface area contributed by atoms with E-state index in [1.807, 2.05) is 6.92 Å². The standard InChI is InChI=1S/C13H18ClN3O4S/c1-9(15)10-4-6-16(7-5-10)22(20,21)13-8-11(14)2-3-12(13)17(18)19/h2-3,8-10H,4-7,15H2,1H3. The maximum Gasteiger partial charge on any atom is 0.289 e. The molecule has 2 N–H and O–H groups in total. The van der Waals surface area contributed by atoms with E-state index in [4.69, 9.17) is 17.3 Å². The normalized spacial score (nSPS) is 19.0. The van der Waals surface area contributed by atoms with E-state index in [0.717, 1.165) is 12.1 Å². The molecule has 0 amide bonds. The smallest absolute Gasteiger partial charge is 0.289 e. The van der Waals surface area contributed by atoms with Crippen LogP contribution in [0.25, 0.3) is 0 Å². The van der Waals surface area contributed by atoms with Crippen molar-refractivity contribution in [2.45, 2.75) is 30.7 Å². The molecule has 1 atom stereocenters. The molecule has 0 bridgehead atoms. The monoisotopic (exact) mass is 347 g/mol. The zero-order valence-electron chi connectivity index (χ0n) is 12.1. The summed E-state index contributed by atoms with van der Waals surface area (Å²) in [7, 11) is -3.94. The summed E-state index contributed by atoms with van der Waals surface area (Å²) in [5.41, 5.74) is 5.38. The molecule has 1 aliphatic heterocycles. The minimum atomic E-state index is -3.94. The zero-order valence-corrected chi connectivity index (χ0v) is 13.7. The number of piperidine rings is 1. The first-order valence-electron chi connectivity index (χ1n) is 6.93. The fraction of sp³-hybridized carbons (Fsp3) is 0.538. The third-order valence-electron chi connectivity index (χ3n) is 3.98. The Morgan fingerprint density at radius 1 is 1.41 bits per heavy atom. The van der Waals surface area contributed by atoms with Crippen LogP contribution in [0.15, 0.2) is 23.1 Å². The molecule has 0 saturated carbocycles. The molecule has 0 spiro atoms. The third-order valence-corrected chi connectivity index (χ3v) is 6.14. The van der Waals surface area contributed by atoms with Crippen LogP contribution in [0.5, 0.6) is 0 Å². The Hall–Kier alpha value is -1.22. The summed E-state index contributed by atoms with van der Waals surface area (Å²) in [6.07, 6.45) is 1.29. The predicted octanol–water partition coefficient (Wildman–Crippen LogP) is 2.00. The highest BCUT2D eigenvalue weighted by molar-refractivity contribution is 7.89. The molecule has 1 fully saturated rings. The molecular formula is C13H18ClN3O4S. The van der Waals surface area contributed by atoms with E-state index < -0.39 is 20.6 Å². The number of halogens is 1. The van der Waals surface area contributed by atoms with Crippen LogP contribution in [0.3, 0.4) is 0 Å². The number of nitro benzene ring substituents is 1. The molecule has 1 aromatic carbocycles. The summed E-state index contributed by atoms with van der Waals surface area (Å²) < 4.78 is 26.6. The number of sulfonamides is 1. The summed E-state index contributed by atoms with van der Waals surface area (Å²) in [6.45, 7) is 2.51. The van der Waals surface area contributed by atoms with Crippen LogP contribution in [0.1, 0.15) is 19.8 Å². The van der Waals surface area contributed by atoms with E-state index in [9.17, 15) is 18.5 Å². The predicted molar refractivity (Wildman–Crippen MR) is 83.2 cm³/mol. The minimum Gasteiger partial charge on any atom is -0.328 e. The Labute approximate surface area is 134 Å². The van der Waals surface area contributed by atoms with Gasteiger partial charge in [-0.3, -0.25) is 10.1 Å². The first-order valence-corrected chi connectivity index (χ1v) is 8.75. The average Bonchev–Trinajstić information content (AvgIpc) is 2.46. The van der Waals surface area contributed by atoms with Gasteiger partial charge in [-0.2, -0.15) is 4.31 Å². The van der Waals surface area contributed by atoms with E-state index in [0.29, 0.717) is 25.9 Å². The summed E-state index contributed by atoms with van der Waals surface area (Å²) in [6, 6.07) is 3.56. The van der Waals surface area contributed by atoms with Gasteiger partial charge >= 0.3 is 0 Å². The van der Waals surface area contributed by atoms with Crippen molar-refractivity contribution in [2.75, 3.05) is 13.1 Å². The average molecular weight is 348 g/mol. The highest BCUT2D eigenvalue weighted by Crippen LogP contribution is 2.32. The van der Waals surface area contributed by atoms with Gasteiger partial charge in [0.05, 0.1) is 4.92 Å². The van der Waals surface area contributed by atoms with Gasteiger partial charge in [-0.1, -0.05) is 11.6 Å². The van der Waals surface area contributed by atoms with Crippen molar-refractivity contribution in [3.63, 3.8) is 0 Å². The molecule has 9 heteroatoms. The molecule has 1 saturated heterocycles. The van der Waals surface area contributed by atoms with Crippen molar-refractivity contribution in [1.29, 1.82) is 0 Å². The Morgan fingerprint density at radius 2 is 2.00 bits per heavy atom. The van der Waals surface area contributed by atoms with E-state index in [-0.39, 0.29) is 21.9 Å². The van der Waals surface area contributed by atoms with Gasteiger partial charge in [-0.05, 0) is 37.8 Å². The molecule has 1 unspecified atom stereocenters. The van der Waals surface area contributed by atoms with Gasteiger partial charge in [0.2, 0.25) is 10.0 Å². The Balaban J connectivity index is 2.32. The fourth-order valence-electron chi connectivity index (χ4n) is 2.63.